The lowest BCUT2D eigenvalue weighted by atomic mass is 10.1. The van der Waals surface area contributed by atoms with Gasteiger partial charge in [0.2, 0.25) is 11.0 Å². The van der Waals surface area contributed by atoms with E-state index < -0.39 is 29.6 Å². The fraction of sp³-hybridized carbons (Fsp3) is 0.0833. The molecule has 3 aromatic carbocycles. The predicted octanol–water partition coefficient (Wildman–Crippen LogP) is 4.92. The first-order valence-corrected chi connectivity index (χ1v) is 11.9. The summed E-state index contributed by atoms with van der Waals surface area (Å²) in [5.74, 6) is -1.96. The number of halogens is 3. The van der Waals surface area contributed by atoms with Crippen LogP contribution in [-0.4, -0.2) is 33.9 Å². The number of nitrogens with zero attached hydrogens (tertiary/aromatic N) is 2. The van der Waals surface area contributed by atoms with E-state index >= 15 is 0 Å². The second-order valence-electron chi connectivity index (χ2n) is 7.53. The van der Waals surface area contributed by atoms with E-state index in [1.165, 1.54) is 34.2 Å². The third-order valence-electron chi connectivity index (χ3n) is 5.13. The van der Waals surface area contributed by atoms with Gasteiger partial charge in [-0.1, -0.05) is 27.5 Å². The van der Waals surface area contributed by atoms with Crippen molar-refractivity contribution in [2.45, 2.75) is 12.5 Å². The van der Waals surface area contributed by atoms with Gasteiger partial charge in [0.05, 0.1) is 12.1 Å². The van der Waals surface area contributed by atoms with Crippen molar-refractivity contribution in [3.63, 3.8) is 0 Å². The second kappa shape index (κ2) is 10.5. The van der Waals surface area contributed by atoms with Gasteiger partial charge in [0.15, 0.2) is 0 Å². The lowest BCUT2D eigenvalue weighted by Gasteiger charge is -2.24. The van der Waals surface area contributed by atoms with E-state index in [0.29, 0.717) is 22.0 Å². The summed E-state index contributed by atoms with van der Waals surface area (Å²) < 4.78 is 14.0. The van der Waals surface area contributed by atoms with E-state index in [4.69, 9.17) is 23.8 Å². The lowest BCUT2D eigenvalue weighted by molar-refractivity contribution is -0.124. The van der Waals surface area contributed by atoms with Crippen LogP contribution < -0.4 is 15.6 Å². The highest BCUT2D eigenvalue weighted by molar-refractivity contribution is 9.10. The molecule has 1 atom stereocenters. The number of carbonyl (C=O) groups is 3. The first kappa shape index (κ1) is 24.8. The number of thiocarbonyl (C=S) groups is 1. The van der Waals surface area contributed by atoms with Gasteiger partial charge in [-0.3, -0.25) is 24.7 Å². The number of hydrogen-bond donors (Lipinski definition) is 2. The molecule has 1 heterocycles. The Labute approximate surface area is 218 Å². The first-order valence-electron chi connectivity index (χ1n) is 10.3. The average molecular weight is 576 g/mol. The summed E-state index contributed by atoms with van der Waals surface area (Å²) in [6, 6.07) is 17.2. The van der Waals surface area contributed by atoms with Gasteiger partial charge in [0.25, 0.3) is 11.8 Å². The van der Waals surface area contributed by atoms with Crippen molar-refractivity contribution < 1.29 is 18.8 Å². The molecule has 1 aliphatic rings. The minimum absolute atomic E-state index is 0.00219. The van der Waals surface area contributed by atoms with Crippen LogP contribution in [0.3, 0.4) is 0 Å². The van der Waals surface area contributed by atoms with Crippen molar-refractivity contribution >= 4 is 74.0 Å². The van der Waals surface area contributed by atoms with Crippen LogP contribution in [0.15, 0.2) is 77.3 Å². The molecule has 7 nitrogen and oxygen atoms in total. The van der Waals surface area contributed by atoms with Gasteiger partial charge >= 0.3 is 0 Å². The Morgan fingerprint density at radius 3 is 2.26 bits per heavy atom. The minimum Gasteiger partial charge on any atom is -0.326 e. The first-order chi connectivity index (χ1) is 16.7. The van der Waals surface area contributed by atoms with Crippen molar-refractivity contribution in [3.05, 3.63) is 93.7 Å². The smallest absolute Gasteiger partial charge is 0.269 e. The summed E-state index contributed by atoms with van der Waals surface area (Å²) in [4.78, 5) is 40.3. The molecular weight excluding hydrogens is 559 g/mol. The Balaban J connectivity index is 1.59. The molecule has 0 aromatic heterocycles. The van der Waals surface area contributed by atoms with E-state index in [1.54, 1.807) is 48.5 Å². The zero-order valence-corrected chi connectivity index (χ0v) is 21.0. The lowest BCUT2D eigenvalue weighted by Crippen LogP contribution is -2.49. The SMILES string of the molecule is O=C(CC1C(=O)N(c2ccc(Cl)cc2)C(=S)N1NC(=O)c1ccc(Br)cc1)Nc1ccc(F)cc1. The molecule has 1 unspecified atom stereocenters. The maximum absolute atomic E-state index is 13.4. The zero-order valence-electron chi connectivity index (χ0n) is 17.9. The molecule has 1 fully saturated rings. The molecule has 0 radical (unpaired) electrons. The number of hydrogen-bond acceptors (Lipinski definition) is 4. The highest BCUT2D eigenvalue weighted by Crippen LogP contribution is 2.27. The molecule has 4 rings (SSSR count). The third-order valence-corrected chi connectivity index (χ3v) is 6.29. The predicted molar refractivity (Wildman–Crippen MR) is 138 cm³/mol. The van der Waals surface area contributed by atoms with Crippen LogP contribution >= 0.6 is 39.7 Å². The summed E-state index contributed by atoms with van der Waals surface area (Å²) >= 11 is 14.8. The molecule has 178 valence electrons. The molecule has 3 amide bonds. The molecule has 2 N–H and O–H groups in total. The number of rotatable bonds is 6. The second-order valence-corrected chi connectivity index (χ2v) is 9.24. The monoisotopic (exact) mass is 574 g/mol. The highest BCUT2D eigenvalue weighted by atomic mass is 79.9. The van der Waals surface area contributed by atoms with Crippen molar-refractivity contribution in [2.75, 3.05) is 10.2 Å². The Kier molecular flexibility index (Phi) is 7.44. The van der Waals surface area contributed by atoms with Crippen LogP contribution in [0.25, 0.3) is 0 Å². The summed E-state index contributed by atoms with van der Waals surface area (Å²) in [5, 5.41) is 4.31. The van der Waals surface area contributed by atoms with E-state index in [9.17, 15) is 18.8 Å². The van der Waals surface area contributed by atoms with Crippen molar-refractivity contribution in [3.8, 4) is 0 Å². The maximum atomic E-state index is 13.4. The molecule has 1 aliphatic heterocycles. The van der Waals surface area contributed by atoms with Crippen molar-refractivity contribution in [1.29, 1.82) is 0 Å². The highest BCUT2D eigenvalue weighted by Gasteiger charge is 2.45. The van der Waals surface area contributed by atoms with Gasteiger partial charge in [-0.25, -0.2) is 9.40 Å². The fourth-order valence-electron chi connectivity index (χ4n) is 3.42. The largest absolute Gasteiger partial charge is 0.326 e. The molecule has 0 aliphatic carbocycles. The standard InChI is InChI=1S/C24H17BrClFN4O3S/c25-15-3-1-14(2-4-15)22(33)29-31-20(13-21(32)28-18-9-7-17(27)8-10-18)23(34)30(24(31)35)19-11-5-16(26)6-12-19/h1-12,20H,13H2,(H,28,32)(H,29,33). The Morgan fingerprint density at radius 1 is 1.00 bits per heavy atom. The normalized spacial score (nSPS) is 15.3. The van der Waals surface area contributed by atoms with Gasteiger partial charge in [0.1, 0.15) is 11.9 Å². The average Bonchev–Trinajstić information content (AvgIpc) is 3.05. The quantitative estimate of drug-likeness (QED) is 0.408. The number of carbonyl (C=O) groups excluding carboxylic acids is 3. The van der Waals surface area contributed by atoms with Gasteiger partial charge in [0, 0.05) is 20.7 Å². The van der Waals surface area contributed by atoms with Crippen LogP contribution in [0.2, 0.25) is 5.02 Å². The molecule has 1 saturated heterocycles. The summed E-state index contributed by atoms with van der Waals surface area (Å²) in [5.41, 5.74) is 3.79. The molecular formula is C24H17BrClFN4O3S. The zero-order chi connectivity index (χ0) is 25.1. The van der Waals surface area contributed by atoms with Crippen LogP contribution in [0.4, 0.5) is 15.8 Å². The molecule has 0 spiro atoms. The summed E-state index contributed by atoms with van der Waals surface area (Å²) in [6.07, 6.45) is -0.318. The topological polar surface area (TPSA) is 81.8 Å². The molecule has 3 aromatic rings. The van der Waals surface area contributed by atoms with Crippen LogP contribution in [-0.2, 0) is 9.59 Å². The van der Waals surface area contributed by atoms with Crippen LogP contribution in [0.5, 0.6) is 0 Å². The maximum Gasteiger partial charge on any atom is 0.269 e. The third kappa shape index (κ3) is 5.67. The number of hydrazine groups is 1. The fourth-order valence-corrected chi connectivity index (χ4v) is 4.18. The van der Waals surface area contributed by atoms with E-state index in [-0.39, 0.29) is 11.5 Å². The number of benzene rings is 3. The Bertz CT molecular complexity index is 1290. The van der Waals surface area contributed by atoms with Crippen LogP contribution in [0.1, 0.15) is 16.8 Å². The van der Waals surface area contributed by atoms with E-state index in [0.717, 1.165) is 4.47 Å². The van der Waals surface area contributed by atoms with Gasteiger partial charge in [-0.05, 0) is 85.0 Å². The summed E-state index contributed by atoms with van der Waals surface area (Å²) in [7, 11) is 0. The Morgan fingerprint density at radius 2 is 1.63 bits per heavy atom. The Hall–Kier alpha value is -3.34. The van der Waals surface area contributed by atoms with Gasteiger partial charge in [-0.2, -0.15) is 0 Å². The molecule has 35 heavy (non-hydrogen) atoms. The molecule has 0 saturated carbocycles. The van der Waals surface area contributed by atoms with Crippen molar-refractivity contribution in [1.82, 2.24) is 10.4 Å². The van der Waals surface area contributed by atoms with Crippen LogP contribution in [0, 0.1) is 5.82 Å². The minimum atomic E-state index is -1.11. The molecule has 11 heteroatoms. The van der Waals surface area contributed by atoms with Gasteiger partial charge in [-0.15, -0.1) is 0 Å². The van der Waals surface area contributed by atoms with E-state index in [1.807, 2.05) is 0 Å². The number of anilines is 2. The number of amides is 3. The van der Waals surface area contributed by atoms with Crippen molar-refractivity contribution in [2.24, 2.45) is 0 Å². The summed E-state index contributed by atoms with van der Waals surface area (Å²) in [6.45, 7) is 0. The van der Waals surface area contributed by atoms with E-state index in [2.05, 4.69) is 26.7 Å². The molecule has 0 bridgehead atoms. The number of nitrogens with one attached hydrogen (secondary N) is 2. The van der Waals surface area contributed by atoms with Gasteiger partial charge < -0.3 is 5.32 Å².